The standard InChI is InChI=1S/C23H23NO2/c1-18-9-5-6-13-21(18)16-24-23(25)17-26-22-14-8-7-12-20(22)15-19-10-3-2-4-11-19/h2-14H,15-17H2,1H3,(H,24,25). The molecule has 3 nitrogen and oxygen atoms in total. The van der Waals surface area contributed by atoms with Gasteiger partial charge in [0.15, 0.2) is 6.61 Å². The highest BCUT2D eigenvalue weighted by atomic mass is 16.5. The van der Waals surface area contributed by atoms with Gasteiger partial charge in [-0.1, -0.05) is 72.8 Å². The number of hydrogen-bond donors (Lipinski definition) is 1. The zero-order valence-electron chi connectivity index (χ0n) is 14.9. The lowest BCUT2D eigenvalue weighted by Gasteiger charge is -2.12. The van der Waals surface area contributed by atoms with Crippen molar-refractivity contribution in [3.63, 3.8) is 0 Å². The van der Waals surface area contributed by atoms with Crippen LogP contribution in [0.1, 0.15) is 22.3 Å². The van der Waals surface area contributed by atoms with E-state index in [1.807, 2.05) is 73.7 Å². The summed E-state index contributed by atoms with van der Waals surface area (Å²) >= 11 is 0. The summed E-state index contributed by atoms with van der Waals surface area (Å²) < 4.78 is 5.78. The maximum absolute atomic E-state index is 12.1. The quantitative estimate of drug-likeness (QED) is 0.694. The number of hydrogen-bond acceptors (Lipinski definition) is 2. The Labute approximate surface area is 154 Å². The van der Waals surface area contributed by atoms with Gasteiger partial charge in [-0.05, 0) is 35.2 Å². The predicted octanol–water partition coefficient (Wildman–Crippen LogP) is 4.28. The van der Waals surface area contributed by atoms with E-state index in [-0.39, 0.29) is 12.5 Å². The number of aryl methyl sites for hydroxylation is 1. The maximum atomic E-state index is 12.1. The summed E-state index contributed by atoms with van der Waals surface area (Å²) in [5.41, 5.74) is 4.57. The van der Waals surface area contributed by atoms with Crippen molar-refractivity contribution in [2.45, 2.75) is 19.9 Å². The molecule has 0 heterocycles. The number of benzene rings is 3. The summed E-state index contributed by atoms with van der Waals surface area (Å²) in [5, 5.41) is 2.92. The van der Waals surface area contributed by atoms with Crippen LogP contribution in [0.2, 0.25) is 0 Å². The van der Waals surface area contributed by atoms with E-state index in [0.717, 1.165) is 23.3 Å². The van der Waals surface area contributed by atoms with Crippen LogP contribution in [-0.2, 0) is 17.8 Å². The Kier molecular flexibility index (Phi) is 6.05. The number of carbonyl (C=O) groups is 1. The molecule has 0 aliphatic heterocycles. The Balaban J connectivity index is 1.56. The van der Waals surface area contributed by atoms with Crippen LogP contribution in [-0.4, -0.2) is 12.5 Å². The number of carbonyl (C=O) groups excluding carboxylic acids is 1. The molecule has 0 saturated carbocycles. The molecule has 0 saturated heterocycles. The van der Waals surface area contributed by atoms with E-state index in [9.17, 15) is 4.79 Å². The average Bonchev–Trinajstić information content (AvgIpc) is 2.67. The van der Waals surface area contributed by atoms with Crippen LogP contribution in [0.25, 0.3) is 0 Å². The minimum absolute atomic E-state index is 0.0116. The van der Waals surface area contributed by atoms with Crippen molar-refractivity contribution in [2.75, 3.05) is 6.61 Å². The van der Waals surface area contributed by atoms with Crippen molar-refractivity contribution >= 4 is 5.91 Å². The molecule has 0 aliphatic carbocycles. The number of ether oxygens (including phenoxy) is 1. The van der Waals surface area contributed by atoms with E-state index in [1.165, 1.54) is 11.1 Å². The molecule has 0 aliphatic rings. The molecule has 0 aromatic heterocycles. The number of nitrogens with one attached hydrogen (secondary N) is 1. The molecular formula is C23H23NO2. The van der Waals surface area contributed by atoms with Crippen LogP contribution < -0.4 is 10.1 Å². The third kappa shape index (κ3) is 4.96. The fourth-order valence-electron chi connectivity index (χ4n) is 2.80. The highest BCUT2D eigenvalue weighted by molar-refractivity contribution is 5.77. The van der Waals surface area contributed by atoms with Gasteiger partial charge < -0.3 is 10.1 Å². The minimum Gasteiger partial charge on any atom is -0.483 e. The van der Waals surface area contributed by atoms with Crippen molar-refractivity contribution in [3.05, 3.63) is 101 Å². The number of rotatable bonds is 7. The first kappa shape index (κ1) is 17.7. The fourth-order valence-corrected chi connectivity index (χ4v) is 2.80. The third-order valence-electron chi connectivity index (χ3n) is 4.31. The number of para-hydroxylation sites is 1. The van der Waals surface area contributed by atoms with Crippen molar-refractivity contribution in [3.8, 4) is 5.75 Å². The zero-order valence-corrected chi connectivity index (χ0v) is 14.9. The molecule has 0 unspecified atom stereocenters. The van der Waals surface area contributed by atoms with Gasteiger partial charge >= 0.3 is 0 Å². The zero-order chi connectivity index (χ0) is 18.2. The molecule has 0 bridgehead atoms. The van der Waals surface area contributed by atoms with Crippen LogP contribution in [0.15, 0.2) is 78.9 Å². The summed E-state index contributed by atoms with van der Waals surface area (Å²) in [6.07, 6.45) is 0.780. The maximum Gasteiger partial charge on any atom is 0.258 e. The predicted molar refractivity (Wildman–Crippen MR) is 104 cm³/mol. The summed E-state index contributed by atoms with van der Waals surface area (Å²) in [6.45, 7) is 2.57. The van der Waals surface area contributed by atoms with Crippen molar-refractivity contribution in [1.82, 2.24) is 5.32 Å². The van der Waals surface area contributed by atoms with Gasteiger partial charge in [-0.25, -0.2) is 0 Å². The molecule has 0 fully saturated rings. The number of amides is 1. The normalized spacial score (nSPS) is 10.3. The highest BCUT2D eigenvalue weighted by Crippen LogP contribution is 2.21. The van der Waals surface area contributed by atoms with Crippen molar-refractivity contribution < 1.29 is 9.53 Å². The van der Waals surface area contributed by atoms with E-state index < -0.39 is 0 Å². The van der Waals surface area contributed by atoms with Gasteiger partial charge in [0.05, 0.1) is 0 Å². The Morgan fingerprint density at radius 2 is 1.50 bits per heavy atom. The second-order valence-electron chi connectivity index (χ2n) is 6.26. The van der Waals surface area contributed by atoms with Gasteiger partial charge in [-0.3, -0.25) is 4.79 Å². The average molecular weight is 345 g/mol. The van der Waals surface area contributed by atoms with Crippen molar-refractivity contribution in [1.29, 1.82) is 0 Å². The lowest BCUT2D eigenvalue weighted by Crippen LogP contribution is -2.28. The Morgan fingerprint density at radius 3 is 2.27 bits per heavy atom. The van der Waals surface area contributed by atoms with E-state index in [2.05, 4.69) is 17.4 Å². The van der Waals surface area contributed by atoms with Gasteiger partial charge in [0.25, 0.3) is 5.91 Å². The van der Waals surface area contributed by atoms with Crippen LogP contribution in [0, 0.1) is 6.92 Å². The molecule has 3 heteroatoms. The van der Waals surface area contributed by atoms with E-state index in [1.54, 1.807) is 0 Å². The largest absolute Gasteiger partial charge is 0.483 e. The minimum atomic E-state index is -0.122. The molecule has 0 atom stereocenters. The fraction of sp³-hybridized carbons (Fsp3) is 0.174. The highest BCUT2D eigenvalue weighted by Gasteiger charge is 2.08. The summed E-state index contributed by atoms with van der Waals surface area (Å²) in [6, 6.07) is 26.1. The molecule has 26 heavy (non-hydrogen) atoms. The monoisotopic (exact) mass is 345 g/mol. The lowest BCUT2D eigenvalue weighted by atomic mass is 10.0. The molecule has 132 valence electrons. The van der Waals surface area contributed by atoms with Gasteiger partial charge in [-0.2, -0.15) is 0 Å². The topological polar surface area (TPSA) is 38.3 Å². The molecule has 0 spiro atoms. The Bertz CT molecular complexity index is 859. The van der Waals surface area contributed by atoms with Crippen LogP contribution >= 0.6 is 0 Å². The van der Waals surface area contributed by atoms with Gasteiger partial charge in [0, 0.05) is 13.0 Å². The first-order valence-corrected chi connectivity index (χ1v) is 8.78. The molecule has 3 rings (SSSR count). The smallest absolute Gasteiger partial charge is 0.258 e. The van der Waals surface area contributed by atoms with Gasteiger partial charge in [-0.15, -0.1) is 0 Å². The summed E-state index contributed by atoms with van der Waals surface area (Å²) in [7, 11) is 0. The first-order valence-electron chi connectivity index (χ1n) is 8.78. The summed E-state index contributed by atoms with van der Waals surface area (Å²) in [4.78, 5) is 12.1. The second kappa shape index (κ2) is 8.86. The van der Waals surface area contributed by atoms with E-state index in [0.29, 0.717) is 6.54 Å². The van der Waals surface area contributed by atoms with Crippen LogP contribution in [0.4, 0.5) is 0 Å². The molecular weight excluding hydrogens is 322 g/mol. The van der Waals surface area contributed by atoms with E-state index in [4.69, 9.17) is 4.74 Å². The molecule has 0 radical (unpaired) electrons. The first-order chi connectivity index (χ1) is 12.7. The Hall–Kier alpha value is -3.07. The molecule has 1 amide bonds. The van der Waals surface area contributed by atoms with Gasteiger partial charge in [0.1, 0.15) is 5.75 Å². The van der Waals surface area contributed by atoms with Crippen molar-refractivity contribution in [2.24, 2.45) is 0 Å². The van der Waals surface area contributed by atoms with Crippen LogP contribution in [0.5, 0.6) is 5.75 Å². The molecule has 3 aromatic rings. The third-order valence-corrected chi connectivity index (χ3v) is 4.31. The SMILES string of the molecule is Cc1ccccc1CNC(=O)COc1ccccc1Cc1ccccc1. The molecule has 3 aromatic carbocycles. The Morgan fingerprint density at radius 1 is 0.846 bits per heavy atom. The second-order valence-corrected chi connectivity index (χ2v) is 6.26. The summed E-state index contributed by atoms with van der Waals surface area (Å²) in [5.74, 6) is 0.630. The van der Waals surface area contributed by atoms with Gasteiger partial charge in [0.2, 0.25) is 0 Å². The van der Waals surface area contributed by atoms with E-state index >= 15 is 0 Å². The molecule has 1 N–H and O–H groups in total. The lowest BCUT2D eigenvalue weighted by molar-refractivity contribution is -0.123. The van der Waals surface area contributed by atoms with Crippen LogP contribution in [0.3, 0.4) is 0 Å².